The fourth-order valence-corrected chi connectivity index (χ4v) is 4.07. The molecule has 2 aliphatic rings. The number of anilines is 1. The maximum absolute atomic E-state index is 12.7. The van der Waals surface area contributed by atoms with E-state index in [9.17, 15) is 9.59 Å². The molecule has 2 fully saturated rings. The molecular formula is C22H35IN6O3. The van der Waals surface area contributed by atoms with Crippen LogP contribution in [0.5, 0.6) is 0 Å². The number of likely N-dealkylation sites (tertiary alicyclic amines) is 1. The average molecular weight is 558 g/mol. The predicted octanol–water partition coefficient (Wildman–Crippen LogP) is 2.19. The van der Waals surface area contributed by atoms with E-state index < -0.39 is 6.09 Å². The van der Waals surface area contributed by atoms with E-state index in [0.717, 1.165) is 63.6 Å². The quantitative estimate of drug-likeness (QED) is 0.328. The lowest BCUT2D eigenvalue weighted by Gasteiger charge is -2.39. The van der Waals surface area contributed by atoms with Crippen molar-refractivity contribution in [2.75, 3.05) is 58.7 Å². The van der Waals surface area contributed by atoms with Gasteiger partial charge in [0.25, 0.3) is 0 Å². The highest BCUT2D eigenvalue weighted by atomic mass is 127. The van der Waals surface area contributed by atoms with Crippen LogP contribution in [0, 0.1) is 0 Å². The number of carbonyl (C=O) groups is 2. The molecule has 1 aromatic rings. The van der Waals surface area contributed by atoms with Crippen molar-refractivity contribution in [2.24, 2.45) is 4.99 Å². The Bertz CT molecular complexity index is 774. The lowest BCUT2D eigenvalue weighted by Crippen LogP contribution is -2.57. The van der Waals surface area contributed by atoms with Gasteiger partial charge in [0.2, 0.25) is 5.91 Å². The minimum Gasteiger partial charge on any atom is -0.453 e. The third kappa shape index (κ3) is 6.96. The molecule has 2 amide bonds. The first kappa shape index (κ1) is 26.2. The van der Waals surface area contributed by atoms with E-state index in [4.69, 9.17) is 0 Å². The number of carbonyl (C=O) groups excluding carboxylic acids is 2. The molecule has 2 aliphatic heterocycles. The van der Waals surface area contributed by atoms with E-state index in [2.05, 4.69) is 30.2 Å². The molecule has 0 aromatic heterocycles. The molecule has 10 heteroatoms. The first-order valence-corrected chi connectivity index (χ1v) is 10.9. The molecule has 1 aromatic carbocycles. The highest BCUT2D eigenvalue weighted by Crippen LogP contribution is 2.14. The number of methoxy groups -OCH3 is 1. The molecule has 1 unspecified atom stereocenters. The normalized spacial score (nSPS) is 18.0. The van der Waals surface area contributed by atoms with Crippen molar-refractivity contribution in [2.45, 2.75) is 32.4 Å². The van der Waals surface area contributed by atoms with Crippen molar-refractivity contribution < 1.29 is 14.3 Å². The number of nitrogens with zero attached hydrogens (tertiary/aromatic N) is 4. The van der Waals surface area contributed by atoms with Gasteiger partial charge in [0.1, 0.15) is 0 Å². The van der Waals surface area contributed by atoms with Crippen molar-refractivity contribution in [3.63, 3.8) is 0 Å². The second kappa shape index (κ2) is 12.8. The van der Waals surface area contributed by atoms with Gasteiger partial charge in [-0.3, -0.25) is 20.0 Å². The number of ether oxygens (including phenoxy) is 1. The molecule has 0 radical (unpaired) electrons. The number of piperazine rings is 1. The van der Waals surface area contributed by atoms with Gasteiger partial charge in [-0.25, -0.2) is 4.79 Å². The second-order valence-electron chi connectivity index (χ2n) is 7.95. The van der Waals surface area contributed by atoms with Crippen LogP contribution in [0.1, 0.15) is 25.3 Å². The highest BCUT2D eigenvalue weighted by molar-refractivity contribution is 14.0. The molecule has 178 valence electrons. The number of nitrogens with one attached hydrogen (secondary N) is 2. The third-order valence-electron chi connectivity index (χ3n) is 5.98. The highest BCUT2D eigenvalue weighted by Gasteiger charge is 2.30. The minimum atomic E-state index is -0.484. The van der Waals surface area contributed by atoms with Crippen LogP contribution in [0.3, 0.4) is 0 Å². The molecule has 0 spiro atoms. The minimum absolute atomic E-state index is 0. The van der Waals surface area contributed by atoms with Gasteiger partial charge in [0.15, 0.2) is 5.96 Å². The van der Waals surface area contributed by atoms with E-state index in [1.54, 1.807) is 7.05 Å². The fourth-order valence-electron chi connectivity index (χ4n) is 4.07. The topological polar surface area (TPSA) is 89.5 Å². The van der Waals surface area contributed by atoms with E-state index in [1.807, 2.05) is 36.1 Å². The number of rotatable bonds is 5. The Hall–Kier alpha value is -2.08. The molecule has 0 saturated carbocycles. The predicted molar refractivity (Wildman–Crippen MR) is 137 cm³/mol. The molecule has 9 nitrogen and oxygen atoms in total. The van der Waals surface area contributed by atoms with Gasteiger partial charge >= 0.3 is 6.09 Å². The van der Waals surface area contributed by atoms with Gasteiger partial charge in [-0.05, 0) is 37.5 Å². The van der Waals surface area contributed by atoms with Crippen LogP contribution in [-0.4, -0.2) is 92.1 Å². The van der Waals surface area contributed by atoms with Crippen LogP contribution in [0.2, 0.25) is 0 Å². The fraction of sp³-hybridized carbons (Fsp3) is 0.591. The number of hydrogen-bond acceptors (Lipinski definition) is 5. The van der Waals surface area contributed by atoms with Crippen LogP contribution < -0.4 is 10.6 Å². The monoisotopic (exact) mass is 558 g/mol. The number of hydrogen-bond donors (Lipinski definition) is 2. The van der Waals surface area contributed by atoms with Crippen molar-refractivity contribution in [1.29, 1.82) is 0 Å². The SMILES string of the molecule is CN=C(NCc1ccc(NC(=O)OC)cc1)N1CCN(C(C)C(=O)N2CCCC2)CC1.I. The Balaban J connectivity index is 0.00000363. The molecule has 2 saturated heterocycles. The third-order valence-corrected chi connectivity index (χ3v) is 5.98. The van der Waals surface area contributed by atoms with Gasteiger partial charge in [0, 0.05) is 58.5 Å². The van der Waals surface area contributed by atoms with Crippen molar-refractivity contribution in [3.8, 4) is 0 Å². The molecule has 1 atom stereocenters. The number of benzene rings is 1. The summed E-state index contributed by atoms with van der Waals surface area (Å²) in [6, 6.07) is 7.53. The van der Waals surface area contributed by atoms with Crippen LogP contribution in [0.25, 0.3) is 0 Å². The van der Waals surface area contributed by atoms with E-state index in [0.29, 0.717) is 12.2 Å². The summed E-state index contributed by atoms with van der Waals surface area (Å²) in [5.41, 5.74) is 1.77. The van der Waals surface area contributed by atoms with Crippen molar-refractivity contribution in [3.05, 3.63) is 29.8 Å². The molecule has 0 aliphatic carbocycles. The Morgan fingerprint density at radius 1 is 1.03 bits per heavy atom. The van der Waals surface area contributed by atoms with Crippen LogP contribution in [0.15, 0.2) is 29.3 Å². The first-order valence-electron chi connectivity index (χ1n) is 10.9. The summed E-state index contributed by atoms with van der Waals surface area (Å²) in [6.45, 7) is 7.82. The van der Waals surface area contributed by atoms with Crippen LogP contribution in [0.4, 0.5) is 10.5 Å². The number of amides is 2. The maximum Gasteiger partial charge on any atom is 0.411 e. The summed E-state index contributed by atoms with van der Waals surface area (Å²) in [5.74, 6) is 1.12. The summed E-state index contributed by atoms with van der Waals surface area (Å²) >= 11 is 0. The van der Waals surface area contributed by atoms with Crippen molar-refractivity contribution in [1.82, 2.24) is 20.0 Å². The van der Waals surface area contributed by atoms with E-state index in [-0.39, 0.29) is 35.9 Å². The average Bonchev–Trinajstić information content (AvgIpc) is 3.35. The molecule has 0 bridgehead atoms. The zero-order valence-corrected chi connectivity index (χ0v) is 21.5. The van der Waals surface area contributed by atoms with Gasteiger partial charge in [-0.2, -0.15) is 0 Å². The van der Waals surface area contributed by atoms with Gasteiger partial charge < -0.3 is 19.9 Å². The number of aliphatic imine (C=N–C) groups is 1. The van der Waals surface area contributed by atoms with E-state index >= 15 is 0 Å². The summed E-state index contributed by atoms with van der Waals surface area (Å²) in [7, 11) is 3.13. The van der Waals surface area contributed by atoms with Gasteiger partial charge in [-0.15, -0.1) is 24.0 Å². The Morgan fingerprint density at radius 3 is 2.22 bits per heavy atom. The molecular weight excluding hydrogens is 523 g/mol. The molecule has 3 rings (SSSR count). The van der Waals surface area contributed by atoms with Gasteiger partial charge in [-0.1, -0.05) is 12.1 Å². The lowest BCUT2D eigenvalue weighted by molar-refractivity contribution is -0.135. The van der Waals surface area contributed by atoms with E-state index in [1.165, 1.54) is 7.11 Å². The summed E-state index contributed by atoms with van der Waals surface area (Å²) in [5, 5.41) is 6.05. The standard InChI is InChI=1S/C22H34N6O3.HI/c1-17(20(29)27-10-4-5-11-27)26-12-14-28(15-13-26)21(23-2)24-16-18-6-8-19(9-7-18)25-22(30)31-3;/h6-9,17H,4-5,10-16H2,1-3H3,(H,23,24)(H,25,30);1H. The molecule has 2 heterocycles. The molecule has 32 heavy (non-hydrogen) atoms. The smallest absolute Gasteiger partial charge is 0.411 e. The zero-order chi connectivity index (χ0) is 22.2. The van der Waals surface area contributed by atoms with Crippen LogP contribution in [-0.2, 0) is 16.1 Å². The second-order valence-corrected chi connectivity index (χ2v) is 7.95. The van der Waals surface area contributed by atoms with Crippen molar-refractivity contribution >= 4 is 47.6 Å². The summed E-state index contributed by atoms with van der Waals surface area (Å²) < 4.78 is 4.60. The van der Waals surface area contributed by atoms with Crippen LogP contribution >= 0.6 is 24.0 Å². The number of guanidine groups is 1. The zero-order valence-electron chi connectivity index (χ0n) is 19.2. The summed E-state index contributed by atoms with van der Waals surface area (Å²) in [4.78, 5) is 34.9. The lowest BCUT2D eigenvalue weighted by atomic mass is 10.2. The first-order chi connectivity index (χ1) is 15.0. The number of halogens is 1. The maximum atomic E-state index is 12.7. The summed E-state index contributed by atoms with van der Waals surface area (Å²) in [6.07, 6.45) is 1.76. The largest absolute Gasteiger partial charge is 0.453 e. The Labute approximate surface area is 207 Å². The Morgan fingerprint density at radius 2 is 1.66 bits per heavy atom. The Kier molecular flexibility index (Phi) is 10.5. The molecule has 2 N–H and O–H groups in total. The van der Waals surface area contributed by atoms with Gasteiger partial charge in [0.05, 0.1) is 13.2 Å².